The molecule has 2 rings (SSSR count). The molecule has 23 heavy (non-hydrogen) atoms. The summed E-state index contributed by atoms with van der Waals surface area (Å²) in [6.45, 7) is -0.00228. The largest absolute Gasteiger partial charge is 0.416 e. The van der Waals surface area contributed by atoms with E-state index in [1.807, 2.05) is 0 Å². The summed E-state index contributed by atoms with van der Waals surface area (Å²) in [7, 11) is 0. The molecule has 0 saturated carbocycles. The van der Waals surface area contributed by atoms with Gasteiger partial charge >= 0.3 is 6.18 Å². The van der Waals surface area contributed by atoms with Crippen LogP contribution in [0.4, 0.5) is 13.2 Å². The van der Waals surface area contributed by atoms with Crippen LogP contribution in [0.25, 0.3) is 0 Å². The van der Waals surface area contributed by atoms with Crippen molar-refractivity contribution in [1.82, 2.24) is 10.3 Å². The second-order valence-electron chi connectivity index (χ2n) is 4.43. The van der Waals surface area contributed by atoms with Gasteiger partial charge in [0.25, 0.3) is 5.91 Å². The molecule has 1 aromatic carbocycles. The Hall–Kier alpha value is -2.52. The summed E-state index contributed by atoms with van der Waals surface area (Å²) in [5.41, 5.74) is -0.224. The predicted molar refractivity (Wildman–Crippen MR) is 79.9 cm³/mol. The van der Waals surface area contributed by atoms with Crippen LogP contribution in [0.1, 0.15) is 21.5 Å². The van der Waals surface area contributed by atoms with E-state index in [0.717, 1.165) is 12.1 Å². The molecule has 0 atom stereocenters. The summed E-state index contributed by atoms with van der Waals surface area (Å²) in [5, 5.41) is 2.78. The SMILES string of the molecule is O=C(NCC#Cc1cccc(C(F)(F)F)c1)c1ccc(Cl)nc1. The number of hydrogen-bond acceptors (Lipinski definition) is 2. The third-order valence-electron chi connectivity index (χ3n) is 2.75. The van der Waals surface area contributed by atoms with Crippen LogP contribution in [0.2, 0.25) is 5.15 Å². The third-order valence-corrected chi connectivity index (χ3v) is 2.97. The lowest BCUT2D eigenvalue weighted by Crippen LogP contribution is -2.23. The van der Waals surface area contributed by atoms with Crippen LogP contribution in [0, 0.1) is 11.8 Å². The number of alkyl halides is 3. The molecule has 118 valence electrons. The fourth-order valence-corrected chi connectivity index (χ4v) is 1.77. The minimum Gasteiger partial charge on any atom is -0.341 e. The molecule has 1 aromatic heterocycles. The van der Waals surface area contributed by atoms with Crippen molar-refractivity contribution in [2.45, 2.75) is 6.18 Å². The first-order valence-corrected chi connectivity index (χ1v) is 6.80. The lowest BCUT2D eigenvalue weighted by Gasteiger charge is -2.05. The maximum atomic E-state index is 12.6. The number of aromatic nitrogens is 1. The molecule has 1 N–H and O–H groups in total. The van der Waals surface area contributed by atoms with E-state index < -0.39 is 17.6 Å². The molecule has 0 aliphatic rings. The minimum atomic E-state index is -4.41. The highest BCUT2D eigenvalue weighted by molar-refractivity contribution is 6.29. The standard InChI is InChI=1S/C16H10ClF3N2O/c17-14-7-6-12(10-22-14)15(23)21-8-2-4-11-3-1-5-13(9-11)16(18,19)20/h1,3,5-7,9-10H,8H2,(H,21,23). The first-order valence-electron chi connectivity index (χ1n) is 6.42. The smallest absolute Gasteiger partial charge is 0.341 e. The summed E-state index contributed by atoms with van der Waals surface area (Å²) in [6.07, 6.45) is -3.09. The summed E-state index contributed by atoms with van der Waals surface area (Å²) in [4.78, 5) is 15.5. The summed E-state index contributed by atoms with van der Waals surface area (Å²) >= 11 is 5.61. The highest BCUT2D eigenvalue weighted by Crippen LogP contribution is 2.29. The van der Waals surface area contributed by atoms with Gasteiger partial charge in [0.2, 0.25) is 0 Å². The van der Waals surface area contributed by atoms with E-state index in [2.05, 4.69) is 22.1 Å². The zero-order valence-corrected chi connectivity index (χ0v) is 12.4. The molecule has 0 bridgehead atoms. The van der Waals surface area contributed by atoms with Crippen molar-refractivity contribution in [3.8, 4) is 11.8 Å². The molecule has 0 unspecified atom stereocenters. The van der Waals surface area contributed by atoms with Crippen molar-refractivity contribution in [3.05, 3.63) is 64.4 Å². The van der Waals surface area contributed by atoms with Crippen molar-refractivity contribution >= 4 is 17.5 Å². The quantitative estimate of drug-likeness (QED) is 0.672. The van der Waals surface area contributed by atoms with Gasteiger partial charge in [-0.15, -0.1) is 0 Å². The van der Waals surface area contributed by atoms with E-state index in [1.165, 1.54) is 30.5 Å². The van der Waals surface area contributed by atoms with Crippen LogP contribution in [-0.4, -0.2) is 17.4 Å². The van der Waals surface area contributed by atoms with Gasteiger partial charge < -0.3 is 5.32 Å². The summed E-state index contributed by atoms with van der Waals surface area (Å²) < 4.78 is 37.7. The van der Waals surface area contributed by atoms with Crippen molar-refractivity contribution < 1.29 is 18.0 Å². The van der Waals surface area contributed by atoms with E-state index in [0.29, 0.717) is 5.56 Å². The molecule has 3 nitrogen and oxygen atoms in total. The van der Waals surface area contributed by atoms with Crippen LogP contribution in [0.3, 0.4) is 0 Å². The minimum absolute atomic E-state index is 0.00228. The van der Waals surface area contributed by atoms with Gasteiger partial charge in [-0.25, -0.2) is 4.98 Å². The van der Waals surface area contributed by atoms with Gasteiger partial charge in [0.1, 0.15) is 5.15 Å². The number of nitrogens with one attached hydrogen (secondary N) is 1. The van der Waals surface area contributed by atoms with Gasteiger partial charge in [0, 0.05) is 11.8 Å². The van der Waals surface area contributed by atoms with Crippen LogP contribution >= 0.6 is 11.6 Å². The zero-order chi connectivity index (χ0) is 16.9. The fourth-order valence-electron chi connectivity index (χ4n) is 1.66. The average molecular weight is 339 g/mol. The Bertz CT molecular complexity index is 761. The van der Waals surface area contributed by atoms with Gasteiger partial charge in [-0.2, -0.15) is 13.2 Å². The second-order valence-corrected chi connectivity index (χ2v) is 4.82. The van der Waals surface area contributed by atoms with Crippen molar-refractivity contribution in [1.29, 1.82) is 0 Å². The molecule has 0 saturated heterocycles. The number of carbonyl (C=O) groups excluding carboxylic acids is 1. The number of rotatable bonds is 2. The van der Waals surface area contributed by atoms with E-state index >= 15 is 0 Å². The van der Waals surface area contributed by atoms with Gasteiger partial charge in [0.05, 0.1) is 17.7 Å². The van der Waals surface area contributed by atoms with E-state index in [4.69, 9.17) is 11.6 Å². The molecule has 7 heteroatoms. The number of amides is 1. The van der Waals surface area contributed by atoms with Crippen LogP contribution in [0.5, 0.6) is 0 Å². The highest BCUT2D eigenvalue weighted by Gasteiger charge is 2.30. The van der Waals surface area contributed by atoms with Crippen LogP contribution in [-0.2, 0) is 6.18 Å². The maximum absolute atomic E-state index is 12.6. The van der Waals surface area contributed by atoms with Gasteiger partial charge in [-0.3, -0.25) is 4.79 Å². The van der Waals surface area contributed by atoms with Crippen molar-refractivity contribution in [2.75, 3.05) is 6.54 Å². The number of halogens is 4. The number of carbonyl (C=O) groups is 1. The summed E-state index contributed by atoms with van der Waals surface area (Å²) in [5.74, 6) is 4.77. The molecule has 0 spiro atoms. The Morgan fingerprint density at radius 2 is 2.04 bits per heavy atom. The van der Waals surface area contributed by atoms with Gasteiger partial charge in [0.15, 0.2) is 0 Å². The molecule has 0 aliphatic heterocycles. The molecule has 1 amide bonds. The Morgan fingerprint density at radius 1 is 1.26 bits per heavy atom. The first-order chi connectivity index (χ1) is 10.9. The topological polar surface area (TPSA) is 42.0 Å². The van der Waals surface area contributed by atoms with E-state index in [9.17, 15) is 18.0 Å². The van der Waals surface area contributed by atoms with Gasteiger partial charge in [-0.05, 0) is 30.3 Å². The molecule has 0 radical (unpaired) electrons. The normalized spacial score (nSPS) is 10.6. The predicted octanol–water partition coefficient (Wildman–Crippen LogP) is 3.54. The lowest BCUT2D eigenvalue weighted by molar-refractivity contribution is -0.137. The zero-order valence-electron chi connectivity index (χ0n) is 11.6. The number of hydrogen-bond donors (Lipinski definition) is 1. The molecule has 0 aliphatic carbocycles. The molecular weight excluding hydrogens is 329 g/mol. The Kier molecular flexibility index (Phi) is 5.24. The van der Waals surface area contributed by atoms with Crippen molar-refractivity contribution in [2.24, 2.45) is 0 Å². The number of pyridine rings is 1. The lowest BCUT2D eigenvalue weighted by atomic mass is 10.1. The Morgan fingerprint density at radius 3 is 2.70 bits per heavy atom. The number of benzene rings is 1. The first kappa shape index (κ1) is 16.8. The Labute approximate surface area is 135 Å². The maximum Gasteiger partial charge on any atom is 0.416 e. The molecule has 1 heterocycles. The highest BCUT2D eigenvalue weighted by atomic mass is 35.5. The van der Waals surface area contributed by atoms with Gasteiger partial charge in [-0.1, -0.05) is 29.5 Å². The average Bonchev–Trinajstić information content (AvgIpc) is 2.51. The second kappa shape index (κ2) is 7.16. The van der Waals surface area contributed by atoms with E-state index in [-0.39, 0.29) is 17.3 Å². The third kappa shape index (κ3) is 5.01. The number of nitrogens with zero attached hydrogens (tertiary/aromatic N) is 1. The van der Waals surface area contributed by atoms with Crippen LogP contribution < -0.4 is 5.32 Å². The molecular formula is C16H10ClF3N2O. The van der Waals surface area contributed by atoms with Crippen molar-refractivity contribution in [3.63, 3.8) is 0 Å². The Balaban J connectivity index is 1.96. The monoisotopic (exact) mass is 338 g/mol. The van der Waals surface area contributed by atoms with Crippen LogP contribution in [0.15, 0.2) is 42.6 Å². The molecule has 0 fully saturated rings. The molecule has 2 aromatic rings. The summed E-state index contributed by atoms with van der Waals surface area (Å²) in [6, 6.07) is 7.66. The fraction of sp³-hybridized carbons (Fsp3) is 0.125. The van der Waals surface area contributed by atoms with E-state index in [1.54, 1.807) is 0 Å².